The van der Waals surface area contributed by atoms with Crippen molar-refractivity contribution in [3.8, 4) is 5.75 Å². The number of halogens is 3. The highest BCUT2D eigenvalue weighted by atomic mass is 32.2. The lowest BCUT2D eigenvalue weighted by molar-refractivity contribution is -0.139. The van der Waals surface area contributed by atoms with Gasteiger partial charge in [0, 0.05) is 30.2 Å². The minimum atomic E-state index is -4.52. The number of rotatable bonds is 10. The van der Waals surface area contributed by atoms with Gasteiger partial charge in [-0.1, -0.05) is 30.3 Å². The number of fused-ring (bicyclic) bond motifs is 1. The summed E-state index contributed by atoms with van der Waals surface area (Å²) in [6, 6.07) is 18.9. The van der Waals surface area contributed by atoms with Crippen LogP contribution in [0.1, 0.15) is 17.4 Å². The molecule has 0 saturated carbocycles. The van der Waals surface area contributed by atoms with Crippen molar-refractivity contribution in [2.75, 3.05) is 24.4 Å². The number of aliphatic hydroxyl groups is 1. The van der Waals surface area contributed by atoms with Gasteiger partial charge in [0.1, 0.15) is 18.1 Å². The van der Waals surface area contributed by atoms with Gasteiger partial charge in [-0.15, -0.1) is 0 Å². The van der Waals surface area contributed by atoms with Crippen molar-refractivity contribution in [2.24, 2.45) is 0 Å². The van der Waals surface area contributed by atoms with Crippen molar-refractivity contribution >= 4 is 31.5 Å². The fourth-order valence-electron chi connectivity index (χ4n) is 3.61. The second kappa shape index (κ2) is 11.1. The molecule has 8 nitrogen and oxygen atoms in total. The molecule has 4 N–H and O–H groups in total. The second-order valence-corrected chi connectivity index (χ2v) is 9.98. The van der Waals surface area contributed by atoms with Gasteiger partial charge in [0.15, 0.2) is 9.71 Å². The number of aliphatic hydroxyl groups excluding tert-OH is 1. The minimum Gasteiger partial charge on any atom is -0.492 e. The monoisotopic (exact) mass is 532 g/mol. The molecule has 1 aromatic heterocycles. The normalized spacial score (nSPS) is 14.1. The second-order valence-electron chi connectivity index (χ2n) is 8.02. The molecule has 12 heteroatoms. The van der Waals surface area contributed by atoms with Gasteiger partial charge >= 0.3 is 6.18 Å². The lowest BCUT2D eigenvalue weighted by atomic mass is 10.1. The van der Waals surface area contributed by atoms with Crippen LogP contribution >= 0.6 is 0 Å². The number of ether oxygens (including phenoxy) is 1. The molecule has 2 atom stereocenters. The number of nitrogens with one attached hydrogen (secondary N) is 3. The summed E-state index contributed by atoms with van der Waals surface area (Å²) in [7, 11) is -3.30. The number of alkyl halides is 3. The summed E-state index contributed by atoms with van der Waals surface area (Å²) in [4.78, 5) is 11.8. The molecule has 4 aromatic rings. The third-order valence-corrected chi connectivity index (χ3v) is 7.11. The van der Waals surface area contributed by atoms with Crippen molar-refractivity contribution in [1.82, 2.24) is 15.5 Å². The van der Waals surface area contributed by atoms with E-state index in [2.05, 4.69) is 15.1 Å². The van der Waals surface area contributed by atoms with Crippen molar-refractivity contribution in [3.63, 3.8) is 0 Å². The van der Waals surface area contributed by atoms with E-state index in [1.807, 2.05) is 5.10 Å². The zero-order valence-corrected chi connectivity index (χ0v) is 20.1. The summed E-state index contributed by atoms with van der Waals surface area (Å²) < 4.78 is 60.1. The standard InChI is InChI=1S/C25H23F3N4O4S/c26-25(27,28)24-21-10-9-19(14-22(21)30-31-24)36-12-11-29-15-23(34)17-5-4-6-18(13-17)32-37(35,16-33)20-7-2-1-3-8-20/h1-10,13-14,23,29,34H,11-12,15H2,(H,30,31)(H,32,35)/t23-,37?/m0/s1. The topological polar surface area (TPSA) is 116 Å². The summed E-state index contributed by atoms with van der Waals surface area (Å²) >= 11 is 0. The van der Waals surface area contributed by atoms with Crippen molar-refractivity contribution in [2.45, 2.75) is 17.2 Å². The Kier molecular flexibility index (Phi) is 7.84. The van der Waals surface area contributed by atoms with E-state index < -0.39 is 27.7 Å². The van der Waals surface area contributed by atoms with Gasteiger partial charge < -0.3 is 19.9 Å². The van der Waals surface area contributed by atoms with Crippen LogP contribution in [-0.4, -0.2) is 44.4 Å². The molecule has 0 fully saturated rings. The highest BCUT2D eigenvalue weighted by Gasteiger charge is 2.35. The Morgan fingerprint density at radius 3 is 2.59 bits per heavy atom. The minimum absolute atomic E-state index is 0.0385. The molecule has 0 spiro atoms. The molecule has 194 valence electrons. The van der Waals surface area contributed by atoms with E-state index in [1.54, 1.807) is 59.8 Å². The zero-order valence-electron chi connectivity index (χ0n) is 19.3. The third-order valence-electron chi connectivity index (χ3n) is 5.42. The number of carbonyl (C=O) groups excluding carboxylic acids is 1. The maximum Gasteiger partial charge on any atom is 0.433 e. The number of hydrogen-bond acceptors (Lipinski definition) is 6. The molecule has 1 unspecified atom stereocenters. The van der Waals surface area contributed by atoms with Crippen LogP contribution in [0.2, 0.25) is 0 Å². The molecule has 0 aliphatic rings. The zero-order chi connectivity index (χ0) is 26.5. The molecule has 0 bridgehead atoms. The molecule has 1 heterocycles. The van der Waals surface area contributed by atoms with Gasteiger partial charge in [0.25, 0.3) is 0 Å². The molecule has 0 aliphatic heterocycles. The van der Waals surface area contributed by atoms with Crippen LogP contribution in [0.15, 0.2) is 77.7 Å². The number of aromatic nitrogens is 2. The number of H-pyrrole nitrogens is 1. The van der Waals surface area contributed by atoms with E-state index in [-0.39, 0.29) is 24.1 Å². The molecule has 0 amide bonds. The van der Waals surface area contributed by atoms with Crippen LogP contribution in [0.5, 0.6) is 5.75 Å². The van der Waals surface area contributed by atoms with E-state index in [0.29, 0.717) is 28.4 Å². The quantitative estimate of drug-likeness (QED) is 0.181. The molecular weight excluding hydrogens is 509 g/mol. The Hall–Kier alpha value is -3.83. The first-order valence-electron chi connectivity index (χ1n) is 11.1. The van der Waals surface area contributed by atoms with Gasteiger partial charge in [-0.05, 0) is 42.0 Å². The van der Waals surface area contributed by atoms with Crippen LogP contribution in [-0.2, 0) is 20.7 Å². The van der Waals surface area contributed by atoms with Gasteiger partial charge in [-0.3, -0.25) is 5.10 Å². The Balaban J connectivity index is 1.29. The first kappa shape index (κ1) is 26.2. The lowest BCUT2D eigenvalue weighted by Crippen LogP contribution is -2.26. The SMILES string of the molecule is O=C=S(=O)(Nc1cccc([C@@H](O)CNCCOc2ccc3c(C(F)(F)F)[nH]nc3c2)c1)c1ccccc1. The van der Waals surface area contributed by atoms with Crippen LogP contribution < -0.4 is 14.8 Å². The van der Waals surface area contributed by atoms with Crippen molar-refractivity contribution in [3.05, 3.63) is 84.1 Å². The predicted octanol–water partition coefficient (Wildman–Crippen LogP) is 4.02. The van der Waals surface area contributed by atoms with E-state index in [4.69, 9.17) is 4.74 Å². The number of benzene rings is 3. The van der Waals surface area contributed by atoms with Gasteiger partial charge in [-0.2, -0.15) is 18.3 Å². The average Bonchev–Trinajstić information content (AvgIpc) is 3.33. The smallest absolute Gasteiger partial charge is 0.433 e. The third kappa shape index (κ3) is 6.30. The fraction of sp³-hybridized carbons (Fsp3) is 0.200. The van der Waals surface area contributed by atoms with Gasteiger partial charge in [-0.25, -0.2) is 9.00 Å². The van der Waals surface area contributed by atoms with Crippen LogP contribution in [0.25, 0.3) is 10.9 Å². The first-order valence-corrected chi connectivity index (χ1v) is 12.7. The summed E-state index contributed by atoms with van der Waals surface area (Å²) in [5.41, 5.74) is 0.156. The van der Waals surface area contributed by atoms with Crippen LogP contribution in [0, 0.1) is 0 Å². The van der Waals surface area contributed by atoms with Crippen LogP contribution in [0.4, 0.5) is 18.9 Å². The molecule has 4 rings (SSSR count). The lowest BCUT2D eigenvalue weighted by Gasteiger charge is -2.15. The van der Waals surface area contributed by atoms with E-state index in [9.17, 15) is 27.3 Å². The Bertz CT molecular complexity index is 1510. The largest absolute Gasteiger partial charge is 0.492 e. The number of hydrogen-bond donors (Lipinski definition) is 4. The first-order chi connectivity index (χ1) is 17.7. The fourth-order valence-corrected chi connectivity index (χ4v) is 4.87. The maximum atomic E-state index is 13.0. The molecule has 37 heavy (non-hydrogen) atoms. The summed E-state index contributed by atoms with van der Waals surface area (Å²) in [6.45, 7) is 0.724. The van der Waals surface area contributed by atoms with E-state index in [1.165, 1.54) is 18.2 Å². The summed E-state index contributed by atoms with van der Waals surface area (Å²) in [5.74, 6) is 0.364. The molecule has 0 saturated heterocycles. The number of aromatic amines is 1. The van der Waals surface area contributed by atoms with E-state index in [0.717, 1.165) is 0 Å². The number of anilines is 1. The highest BCUT2D eigenvalue weighted by Crippen LogP contribution is 2.34. The van der Waals surface area contributed by atoms with Crippen LogP contribution in [0.3, 0.4) is 0 Å². The van der Waals surface area contributed by atoms with Crippen molar-refractivity contribution in [1.29, 1.82) is 0 Å². The summed E-state index contributed by atoms with van der Waals surface area (Å²) in [5, 5.41) is 20.8. The molecular formula is C25H23F3N4O4S. The highest BCUT2D eigenvalue weighted by molar-refractivity contribution is 8.01. The van der Waals surface area contributed by atoms with Crippen molar-refractivity contribution < 1.29 is 32.0 Å². The van der Waals surface area contributed by atoms with E-state index >= 15 is 0 Å². The average molecular weight is 533 g/mol. The van der Waals surface area contributed by atoms with Gasteiger partial charge in [0.05, 0.1) is 16.5 Å². The Labute approximate surface area is 210 Å². The molecule has 3 aromatic carbocycles. The predicted molar refractivity (Wildman–Crippen MR) is 133 cm³/mol. The Morgan fingerprint density at radius 1 is 1.08 bits per heavy atom. The summed E-state index contributed by atoms with van der Waals surface area (Å²) in [6.07, 6.45) is -5.43. The molecule has 0 radical (unpaired) electrons. The van der Waals surface area contributed by atoms with Gasteiger partial charge in [0.2, 0.25) is 5.23 Å². The molecule has 0 aliphatic carbocycles. The maximum absolute atomic E-state index is 13.0. The number of nitrogens with zero attached hydrogens (tertiary/aromatic N) is 1. The Morgan fingerprint density at radius 2 is 1.86 bits per heavy atom.